The first-order valence-corrected chi connectivity index (χ1v) is 11.5. The first-order valence-electron chi connectivity index (χ1n) is 11.5. The van der Waals surface area contributed by atoms with Gasteiger partial charge in [0.05, 0.1) is 12.6 Å². The molecule has 1 aromatic heterocycles. The van der Waals surface area contributed by atoms with Crippen molar-refractivity contribution in [1.29, 1.82) is 0 Å². The number of alkyl halides is 2. The number of aromatic nitrogens is 1. The number of amides is 3. The molecule has 3 amide bonds. The van der Waals surface area contributed by atoms with E-state index in [0.29, 0.717) is 24.6 Å². The molecule has 0 spiro atoms. The maximum absolute atomic E-state index is 13.3. The van der Waals surface area contributed by atoms with Gasteiger partial charge in [0.2, 0.25) is 5.89 Å². The van der Waals surface area contributed by atoms with Crippen LogP contribution in [0.15, 0.2) is 22.6 Å². The van der Waals surface area contributed by atoms with Gasteiger partial charge in [0.15, 0.2) is 23.0 Å². The summed E-state index contributed by atoms with van der Waals surface area (Å²) in [6.07, 6.45) is 2.06. The number of nitrogens with zero attached hydrogens (tertiary/aromatic N) is 3. The summed E-state index contributed by atoms with van der Waals surface area (Å²) >= 11 is 0. The molecule has 35 heavy (non-hydrogen) atoms. The fourth-order valence-electron chi connectivity index (χ4n) is 3.98. The Labute approximate surface area is 201 Å². The monoisotopic (exact) mass is 493 g/mol. The molecule has 0 bridgehead atoms. The number of halogens is 2. The minimum atomic E-state index is -3.00. The predicted molar refractivity (Wildman–Crippen MR) is 121 cm³/mol. The third kappa shape index (κ3) is 5.64. The van der Waals surface area contributed by atoms with E-state index in [2.05, 4.69) is 9.72 Å². The van der Waals surface area contributed by atoms with Crippen LogP contribution in [0.3, 0.4) is 0 Å². The van der Waals surface area contributed by atoms with Crippen molar-refractivity contribution >= 4 is 11.9 Å². The Morgan fingerprint density at radius 2 is 2.00 bits per heavy atom. The highest BCUT2D eigenvalue weighted by Gasteiger charge is 2.33. The number of hydrogen-bond donors (Lipinski definition) is 2. The van der Waals surface area contributed by atoms with Gasteiger partial charge < -0.3 is 35.2 Å². The molecule has 0 unspecified atom stereocenters. The minimum absolute atomic E-state index is 0.0584. The van der Waals surface area contributed by atoms with Gasteiger partial charge in [0.25, 0.3) is 5.91 Å². The first kappa shape index (κ1) is 24.7. The highest BCUT2D eigenvalue weighted by Crippen LogP contribution is 2.37. The van der Waals surface area contributed by atoms with E-state index >= 15 is 0 Å². The van der Waals surface area contributed by atoms with E-state index in [4.69, 9.17) is 20.6 Å². The number of hydrogen-bond acceptors (Lipinski definition) is 7. The molecule has 2 fully saturated rings. The van der Waals surface area contributed by atoms with Gasteiger partial charge in [-0.2, -0.15) is 8.78 Å². The van der Waals surface area contributed by atoms with Crippen molar-refractivity contribution in [3.63, 3.8) is 0 Å². The van der Waals surface area contributed by atoms with E-state index < -0.39 is 18.7 Å². The summed E-state index contributed by atoms with van der Waals surface area (Å²) in [6.45, 7) is 1.71. The number of primary amides is 1. The number of carbonyl (C=O) groups excluding carboxylic acids is 2. The van der Waals surface area contributed by atoms with Crippen LogP contribution in [0.5, 0.6) is 11.5 Å². The topological polar surface area (TPSA) is 137 Å². The van der Waals surface area contributed by atoms with Gasteiger partial charge >= 0.3 is 12.6 Å². The summed E-state index contributed by atoms with van der Waals surface area (Å²) in [5, 5.41) is 0. The van der Waals surface area contributed by atoms with Crippen molar-refractivity contribution < 1.29 is 32.3 Å². The largest absolute Gasteiger partial charge is 0.489 e. The van der Waals surface area contributed by atoms with Crippen LogP contribution in [0.2, 0.25) is 0 Å². The smallest absolute Gasteiger partial charge is 0.387 e. The van der Waals surface area contributed by atoms with Gasteiger partial charge in [-0.15, -0.1) is 0 Å². The molecule has 4 N–H and O–H groups in total. The molecule has 0 radical (unpaired) electrons. The Hall–Kier alpha value is -3.41. The highest BCUT2D eigenvalue weighted by molar-refractivity contribution is 5.94. The lowest BCUT2D eigenvalue weighted by Crippen LogP contribution is -2.56. The third-order valence-electron chi connectivity index (χ3n) is 6.05. The fourth-order valence-corrected chi connectivity index (χ4v) is 3.98. The molecule has 12 heteroatoms. The zero-order valence-electron chi connectivity index (χ0n) is 19.6. The van der Waals surface area contributed by atoms with Crippen LogP contribution in [0.1, 0.15) is 49.0 Å². The Bertz CT molecular complexity index is 1090. The summed E-state index contributed by atoms with van der Waals surface area (Å²) in [4.78, 5) is 32.3. The number of urea groups is 1. The van der Waals surface area contributed by atoms with Crippen molar-refractivity contribution in [2.45, 2.75) is 45.4 Å². The van der Waals surface area contributed by atoms with Gasteiger partial charge in [-0.1, -0.05) is 0 Å². The van der Waals surface area contributed by atoms with Gasteiger partial charge in [0.1, 0.15) is 0 Å². The van der Waals surface area contributed by atoms with Crippen LogP contribution in [-0.4, -0.2) is 65.6 Å². The normalized spacial score (nSPS) is 19.1. The number of piperazine rings is 1. The van der Waals surface area contributed by atoms with E-state index in [1.807, 2.05) is 0 Å². The summed E-state index contributed by atoms with van der Waals surface area (Å²) < 4.78 is 41.9. The van der Waals surface area contributed by atoms with Crippen LogP contribution in [0, 0.1) is 5.92 Å². The number of nitrogens with two attached hydrogens (primary N) is 2. The van der Waals surface area contributed by atoms with Gasteiger partial charge in [-0.05, 0) is 50.8 Å². The molecule has 10 nitrogen and oxygen atoms in total. The molecule has 1 saturated heterocycles. The average Bonchev–Trinajstić information content (AvgIpc) is 3.52. The lowest BCUT2D eigenvalue weighted by Gasteiger charge is -2.38. The number of benzene rings is 1. The number of carbonyl (C=O) groups is 2. The lowest BCUT2D eigenvalue weighted by atomic mass is 10.1. The van der Waals surface area contributed by atoms with Crippen LogP contribution in [-0.2, 0) is 0 Å². The molecular formula is C23H29F2N5O5. The molecule has 2 aliphatic rings. The number of ether oxygens (including phenoxy) is 2. The summed E-state index contributed by atoms with van der Waals surface area (Å²) in [6, 6.07) is 2.92. The average molecular weight is 494 g/mol. The molecule has 1 saturated carbocycles. The maximum atomic E-state index is 13.3. The Morgan fingerprint density at radius 1 is 1.26 bits per heavy atom. The lowest BCUT2D eigenvalue weighted by molar-refractivity contribution is -0.0515. The molecule has 190 valence electrons. The highest BCUT2D eigenvalue weighted by atomic mass is 19.3. The molecular weight excluding hydrogens is 464 g/mol. The van der Waals surface area contributed by atoms with Crippen LogP contribution >= 0.6 is 0 Å². The molecule has 1 aliphatic carbocycles. The molecule has 2 heterocycles. The van der Waals surface area contributed by atoms with Gasteiger partial charge in [-0.25, -0.2) is 9.78 Å². The second-order valence-electron chi connectivity index (χ2n) is 8.95. The standard InChI is InChI=1S/C23H29F2N5O5/c1-12-10-29(7-8-30(12)23(27)32)21(31)18-19(13(2)26)35-20(28-18)15-5-6-16(34-22(24)25)17(9-15)33-11-14-3-4-14/h5-6,9,12-14,22H,3-4,7-8,10-11,26H2,1-2H3,(H2,27,32)/t12-,13+/m1/s1. The van der Waals surface area contributed by atoms with Crippen molar-refractivity contribution in [3.8, 4) is 23.0 Å². The first-order chi connectivity index (χ1) is 16.6. The zero-order chi connectivity index (χ0) is 25.3. The molecule has 2 atom stereocenters. The number of rotatable bonds is 8. The Kier molecular flexibility index (Phi) is 7.10. The van der Waals surface area contributed by atoms with Crippen molar-refractivity contribution in [3.05, 3.63) is 29.7 Å². The van der Waals surface area contributed by atoms with Crippen molar-refractivity contribution in [2.75, 3.05) is 26.2 Å². The van der Waals surface area contributed by atoms with Crippen LogP contribution < -0.4 is 20.9 Å². The fraction of sp³-hybridized carbons (Fsp3) is 0.522. The second-order valence-corrected chi connectivity index (χ2v) is 8.95. The van der Waals surface area contributed by atoms with Crippen molar-refractivity contribution in [2.24, 2.45) is 17.4 Å². The Morgan fingerprint density at radius 3 is 2.60 bits per heavy atom. The van der Waals surface area contributed by atoms with Gasteiger partial charge in [0, 0.05) is 31.2 Å². The van der Waals surface area contributed by atoms with Crippen LogP contribution in [0.4, 0.5) is 13.6 Å². The molecule has 2 aromatic rings. The Balaban J connectivity index is 1.61. The summed E-state index contributed by atoms with van der Waals surface area (Å²) in [7, 11) is 0. The van der Waals surface area contributed by atoms with E-state index in [9.17, 15) is 18.4 Å². The SMILES string of the molecule is C[C@H](N)c1oc(-c2ccc(OC(F)F)c(OCC3CC3)c2)nc1C(=O)N1CCN(C(N)=O)[C@H](C)C1. The molecule has 4 rings (SSSR count). The van der Waals surface area contributed by atoms with E-state index in [-0.39, 0.29) is 53.9 Å². The summed E-state index contributed by atoms with van der Waals surface area (Å²) in [5.74, 6) is 0.352. The predicted octanol–water partition coefficient (Wildman–Crippen LogP) is 2.98. The third-order valence-corrected chi connectivity index (χ3v) is 6.05. The number of oxazole rings is 1. The minimum Gasteiger partial charge on any atom is -0.489 e. The molecule has 1 aromatic carbocycles. The maximum Gasteiger partial charge on any atom is 0.387 e. The molecule has 1 aliphatic heterocycles. The van der Waals surface area contributed by atoms with E-state index in [0.717, 1.165) is 12.8 Å². The van der Waals surface area contributed by atoms with Crippen LogP contribution in [0.25, 0.3) is 11.5 Å². The zero-order valence-corrected chi connectivity index (χ0v) is 19.6. The summed E-state index contributed by atoms with van der Waals surface area (Å²) in [5.41, 5.74) is 11.9. The van der Waals surface area contributed by atoms with E-state index in [1.165, 1.54) is 23.1 Å². The quantitative estimate of drug-likeness (QED) is 0.577. The van der Waals surface area contributed by atoms with E-state index in [1.54, 1.807) is 18.7 Å². The second kappa shape index (κ2) is 10.1. The van der Waals surface area contributed by atoms with Gasteiger partial charge in [-0.3, -0.25) is 4.79 Å². The van der Waals surface area contributed by atoms with Crippen molar-refractivity contribution in [1.82, 2.24) is 14.8 Å².